The summed E-state index contributed by atoms with van der Waals surface area (Å²) in [6.07, 6.45) is 3.35. The minimum Gasteiger partial charge on any atom is -0.394 e. The standard InChI is InChI=1S/C17H19FN4O2/c1-17(2,8-23)20-16(24)13-11-7-9-6-10(9)14(11)22(21-13)15-12(18)4-3-5-19-15/h3-5,9-10,23H,6-8H2,1-2H3,(H,20,24)/t9-,10-/m1/s1. The minimum atomic E-state index is -0.745. The van der Waals surface area contributed by atoms with E-state index < -0.39 is 11.4 Å². The number of fused-ring (bicyclic) bond motifs is 3. The predicted octanol–water partition coefficient (Wildman–Crippen LogP) is 1.57. The summed E-state index contributed by atoms with van der Waals surface area (Å²) in [6.45, 7) is 3.29. The number of aliphatic hydroxyl groups is 1. The van der Waals surface area contributed by atoms with E-state index in [4.69, 9.17) is 0 Å². The van der Waals surface area contributed by atoms with Crippen LogP contribution in [0.5, 0.6) is 0 Å². The highest BCUT2D eigenvalue weighted by Crippen LogP contribution is 2.57. The van der Waals surface area contributed by atoms with E-state index in [1.807, 2.05) is 0 Å². The lowest BCUT2D eigenvalue weighted by molar-refractivity contribution is 0.0862. The van der Waals surface area contributed by atoms with E-state index in [0.29, 0.717) is 17.5 Å². The number of hydrogen-bond acceptors (Lipinski definition) is 4. The number of aliphatic hydroxyl groups excluding tert-OH is 1. The Morgan fingerprint density at radius 3 is 3.04 bits per heavy atom. The van der Waals surface area contributed by atoms with E-state index >= 15 is 0 Å². The Balaban J connectivity index is 1.78. The number of hydrogen-bond donors (Lipinski definition) is 2. The first-order chi connectivity index (χ1) is 11.4. The number of carbonyl (C=O) groups excluding carboxylic acids is 1. The summed E-state index contributed by atoms with van der Waals surface area (Å²) in [4.78, 5) is 16.7. The molecule has 2 aliphatic rings. The maximum atomic E-state index is 14.2. The summed E-state index contributed by atoms with van der Waals surface area (Å²) < 4.78 is 15.7. The van der Waals surface area contributed by atoms with Gasteiger partial charge >= 0.3 is 0 Å². The van der Waals surface area contributed by atoms with Gasteiger partial charge < -0.3 is 10.4 Å². The average molecular weight is 330 g/mol. The van der Waals surface area contributed by atoms with Gasteiger partial charge in [-0.05, 0) is 44.7 Å². The first kappa shape index (κ1) is 15.3. The van der Waals surface area contributed by atoms with E-state index in [0.717, 1.165) is 24.1 Å². The summed E-state index contributed by atoms with van der Waals surface area (Å²) in [6, 6.07) is 2.87. The van der Waals surface area contributed by atoms with Crippen LogP contribution in [0.3, 0.4) is 0 Å². The van der Waals surface area contributed by atoms with Crippen LogP contribution in [0.15, 0.2) is 18.3 Å². The summed E-state index contributed by atoms with van der Waals surface area (Å²) in [7, 11) is 0. The molecule has 2 N–H and O–H groups in total. The van der Waals surface area contributed by atoms with Crippen molar-refractivity contribution in [2.75, 3.05) is 6.61 Å². The first-order valence-electron chi connectivity index (χ1n) is 8.07. The fourth-order valence-electron chi connectivity index (χ4n) is 3.40. The Morgan fingerprint density at radius 2 is 2.33 bits per heavy atom. The topological polar surface area (TPSA) is 80.0 Å². The van der Waals surface area contributed by atoms with Crippen molar-refractivity contribution in [3.8, 4) is 5.82 Å². The fraction of sp³-hybridized carbons (Fsp3) is 0.471. The van der Waals surface area contributed by atoms with Gasteiger partial charge in [0.05, 0.1) is 17.8 Å². The molecule has 2 aliphatic carbocycles. The predicted molar refractivity (Wildman–Crippen MR) is 84.5 cm³/mol. The lowest BCUT2D eigenvalue weighted by Crippen LogP contribution is -2.46. The van der Waals surface area contributed by atoms with Crippen LogP contribution in [-0.4, -0.2) is 37.9 Å². The number of nitrogens with zero attached hydrogens (tertiary/aromatic N) is 3. The van der Waals surface area contributed by atoms with Gasteiger partial charge in [0.1, 0.15) is 0 Å². The monoisotopic (exact) mass is 330 g/mol. The number of pyridine rings is 1. The molecule has 24 heavy (non-hydrogen) atoms. The molecule has 4 rings (SSSR count). The number of carbonyl (C=O) groups is 1. The first-order valence-corrected chi connectivity index (χ1v) is 8.07. The van der Waals surface area contributed by atoms with Crippen LogP contribution in [0.4, 0.5) is 4.39 Å². The second-order valence-corrected chi connectivity index (χ2v) is 7.24. The van der Waals surface area contributed by atoms with Crippen LogP contribution in [0.2, 0.25) is 0 Å². The van der Waals surface area contributed by atoms with Crippen LogP contribution < -0.4 is 5.32 Å². The zero-order chi connectivity index (χ0) is 17.1. The molecule has 2 heterocycles. The number of aromatic nitrogens is 3. The van der Waals surface area contributed by atoms with Gasteiger partial charge in [-0.15, -0.1) is 0 Å². The molecule has 0 bridgehead atoms. The van der Waals surface area contributed by atoms with Crippen molar-refractivity contribution in [3.05, 3.63) is 41.1 Å². The Kier molecular flexibility index (Phi) is 3.25. The number of amides is 1. The molecule has 0 radical (unpaired) electrons. The molecule has 1 saturated carbocycles. The Hall–Kier alpha value is -2.28. The van der Waals surface area contributed by atoms with Crippen molar-refractivity contribution < 1.29 is 14.3 Å². The average Bonchev–Trinajstić information content (AvgIpc) is 3.04. The van der Waals surface area contributed by atoms with E-state index in [-0.39, 0.29) is 18.3 Å². The second kappa shape index (κ2) is 5.11. The van der Waals surface area contributed by atoms with Crippen LogP contribution in [0, 0.1) is 11.7 Å². The van der Waals surface area contributed by atoms with Gasteiger partial charge in [0, 0.05) is 17.7 Å². The van der Waals surface area contributed by atoms with Crippen LogP contribution in [-0.2, 0) is 6.42 Å². The summed E-state index contributed by atoms with van der Waals surface area (Å²) >= 11 is 0. The second-order valence-electron chi connectivity index (χ2n) is 7.24. The van der Waals surface area contributed by atoms with Crippen molar-refractivity contribution in [2.45, 2.75) is 38.1 Å². The zero-order valence-corrected chi connectivity index (χ0v) is 13.6. The summed E-state index contributed by atoms with van der Waals surface area (Å²) in [5, 5.41) is 16.5. The molecule has 0 aliphatic heterocycles. The molecular formula is C17H19FN4O2. The smallest absolute Gasteiger partial charge is 0.272 e. The molecule has 6 nitrogen and oxygen atoms in total. The Bertz CT molecular complexity index is 830. The highest BCUT2D eigenvalue weighted by molar-refractivity contribution is 5.95. The normalized spacial score (nSPS) is 21.3. The molecular weight excluding hydrogens is 311 g/mol. The number of rotatable bonds is 4. The summed E-state index contributed by atoms with van der Waals surface area (Å²) in [5.41, 5.74) is 1.35. The highest BCUT2D eigenvalue weighted by atomic mass is 19.1. The van der Waals surface area contributed by atoms with Crippen molar-refractivity contribution in [2.24, 2.45) is 5.92 Å². The largest absolute Gasteiger partial charge is 0.394 e. The summed E-state index contributed by atoms with van der Waals surface area (Å²) in [5.74, 6) is 0.174. The van der Waals surface area contributed by atoms with Gasteiger partial charge in [-0.2, -0.15) is 5.10 Å². The highest BCUT2D eigenvalue weighted by Gasteiger charge is 2.50. The van der Waals surface area contributed by atoms with Gasteiger partial charge in [-0.3, -0.25) is 4.79 Å². The molecule has 0 saturated heterocycles. The zero-order valence-electron chi connectivity index (χ0n) is 13.6. The lowest BCUT2D eigenvalue weighted by atomic mass is 10.1. The van der Waals surface area contributed by atoms with Crippen molar-refractivity contribution >= 4 is 5.91 Å². The molecule has 1 amide bonds. The van der Waals surface area contributed by atoms with E-state index in [1.54, 1.807) is 13.8 Å². The molecule has 2 aromatic rings. The van der Waals surface area contributed by atoms with Crippen LogP contribution in [0.25, 0.3) is 5.82 Å². The number of nitrogens with one attached hydrogen (secondary N) is 1. The van der Waals surface area contributed by atoms with Gasteiger partial charge in [-0.25, -0.2) is 14.1 Å². The fourth-order valence-corrected chi connectivity index (χ4v) is 3.40. The molecule has 2 aromatic heterocycles. The van der Waals surface area contributed by atoms with Crippen LogP contribution >= 0.6 is 0 Å². The van der Waals surface area contributed by atoms with Gasteiger partial charge in [0.2, 0.25) is 0 Å². The third-order valence-corrected chi connectivity index (χ3v) is 4.77. The van der Waals surface area contributed by atoms with E-state index in [1.165, 1.54) is 23.0 Å². The molecule has 0 spiro atoms. The quantitative estimate of drug-likeness (QED) is 0.892. The minimum absolute atomic E-state index is 0.127. The van der Waals surface area contributed by atoms with Gasteiger partial charge in [-0.1, -0.05) is 0 Å². The molecule has 126 valence electrons. The van der Waals surface area contributed by atoms with Crippen molar-refractivity contribution in [1.29, 1.82) is 0 Å². The Labute approximate surface area is 138 Å². The molecule has 7 heteroatoms. The molecule has 0 aromatic carbocycles. The molecule has 1 fully saturated rings. The maximum Gasteiger partial charge on any atom is 0.272 e. The van der Waals surface area contributed by atoms with E-state index in [2.05, 4.69) is 15.4 Å². The van der Waals surface area contributed by atoms with Crippen molar-refractivity contribution in [3.63, 3.8) is 0 Å². The number of halogens is 1. The molecule has 2 atom stereocenters. The SMILES string of the molecule is CC(C)(CO)NC(=O)c1nn(-c2ncccc2F)c2c1C[C@H]1C[C@@H]21. The van der Waals surface area contributed by atoms with Crippen LogP contribution in [0.1, 0.15) is 47.9 Å². The maximum absolute atomic E-state index is 14.2. The molecule has 0 unspecified atom stereocenters. The van der Waals surface area contributed by atoms with Gasteiger partial charge in [0.15, 0.2) is 17.3 Å². The van der Waals surface area contributed by atoms with Gasteiger partial charge in [0.25, 0.3) is 5.91 Å². The third-order valence-electron chi connectivity index (χ3n) is 4.77. The van der Waals surface area contributed by atoms with Crippen molar-refractivity contribution in [1.82, 2.24) is 20.1 Å². The lowest BCUT2D eigenvalue weighted by Gasteiger charge is -2.23. The van der Waals surface area contributed by atoms with E-state index in [9.17, 15) is 14.3 Å². The Morgan fingerprint density at radius 1 is 1.54 bits per heavy atom. The third kappa shape index (κ3) is 2.31.